The van der Waals surface area contributed by atoms with Crippen molar-refractivity contribution in [1.29, 1.82) is 0 Å². The van der Waals surface area contributed by atoms with Gasteiger partial charge in [-0.1, -0.05) is 17.7 Å². The lowest BCUT2D eigenvalue weighted by molar-refractivity contribution is -0.917. The molecule has 37 heavy (non-hydrogen) atoms. The van der Waals surface area contributed by atoms with Crippen molar-refractivity contribution in [2.75, 3.05) is 38.3 Å². The van der Waals surface area contributed by atoms with Gasteiger partial charge in [-0.15, -0.1) is 0 Å². The Balaban J connectivity index is 1.26. The molecule has 0 bridgehead atoms. The molecule has 0 aliphatic carbocycles. The van der Waals surface area contributed by atoms with Gasteiger partial charge in [0.05, 0.1) is 36.6 Å². The molecule has 3 aromatic rings. The Morgan fingerprint density at radius 3 is 2.62 bits per heavy atom. The SMILES string of the molecule is Cc1c(Cl)cccc1NC(=O)c1cc(S(=O)(=O)N2CC[NH+](Cc3ccc4c(c3)OCO4)CC2)ccc1F. The Kier molecular flexibility index (Phi) is 7.09. The monoisotopic (exact) mass is 546 g/mol. The van der Waals surface area contributed by atoms with Gasteiger partial charge in [0.1, 0.15) is 12.4 Å². The lowest BCUT2D eigenvalue weighted by Gasteiger charge is -2.31. The molecule has 1 saturated heterocycles. The van der Waals surface area contributed by atoms with E-state index in [4.69, 9.17) is 21.1 Å². The summed E-state index contributed by atoms with van der Waals surface area (Å²) in [4.78, 5) is 13.9. The number of quaternary nitrogens is 1. The number of amides is 1. The van der Waals surface area contributed by atoms with E-state index in [9.17, 15) is 17.6 Å². The molecule has 0 aromatic heterocycles. The van der Waals surface area contributed by atoms with Crippen LogP contribution in [-0.4, -0.2) is 51.6 Å². The second kappa shape index (κ2) is 10.3. The average molecular weight is 547 g/mol. The second-order valence-corrected chi connectivity index (χ2v) is 11.4. The van der Waals surface area contributed by atoms with Gasteiger partial charge in [-0.05, 0) is 61.0 Å². The average Bonchev–Trinajstić information content (AvgIpc) is 3.35. The molecule has 0 spiro atoms. The zero-order valence-corrected chi connectivity index (χ0v) is 21.7. The Bertz CT molecular complexity index is 1460. The van der Waals surface area contributed by atoms with Crippen LogP contribution in [0.2, 0.25) is 5.02 Å². The van der Waals surface area contributed by atoms with Crippen molar-refractivity contribution in [2.24, 2.45) is 0 Å². The second-order valence-electron chi connectivity index (χ2n) is 9.03. The highest BCUT2D eigenvalue weighted by Gasteiger charge is 2.31. The Hall–Kier alpha value is -3.18. The number of hydrogen-bond donors (Lipinski definition) is 2. The fraction of sp³-hybridized carbons (Fsp3) is 0.269. The van der Waals surface area contributed by atoms with Gasteiger partial charge < -0.3 is 19.7 Å². The lowest BCUT2D eigenvalue weighted by Crippen LogP contribution is -3.13. The first-order chi connectivity index (χ1) is 17.7. The lowest BCUT2D eigenvalue weighted by atomic mass is 10.1. The molecule has 1 amide bonds. The normalized spacial score (nSPS) is 16.1. The highest BCUT2D eigenvalue weighted by molar-refractivity contribution is 7.89. The molecular formula is C26H26ClFN3O5S+. The fourth-order valence-corrected chi connectivity index (χ4v) is 6.12. The van der Waals surface area contributed by atoms with Crippen molar-refractivity contribution >= 4 is 33.2 Å². The molecule has 0 radical (unpaired) electrons. The van der Waals surface area contributed by atoms with Crippen LogP contribution in [0.3, 0.4) is 0 Å². The number of carbonyl (C=O) groups is 1. The van der Waals surface area contributed by atoms with E-state index in [-0.39, 0.29) is 17.3 Å². The van der Waals surface area contributed by atoms with Crippen LogP contribution < -0.4 is 19.7 Å². The van der Waals surface area contributed by atoms with Crippen molar-refractivity contribution in [3.63, 3.8) is 0 Å². The van der Waals surface area contributed by atoms with Gasteiger partial charge in [-0.3, -0.25) is 4.79 Å². The number of nitrogens with zero attached hydrogens (tertiary/aromatic N) is 1. The molecule has 194 valence electrons. The van der Waals surface area contributed by atoms with E-state index in [1.54, 1.807) is 25.1 Å². The number of ether oxygens (including phenoxy) is 2. The van der Waals surface area contributed by atoms with Crippen molar-refractivity contribution in [2.45, 2.75) is 18.4 Å². The molecule has 0 atom stereocenters. The first-order valence-electron chi connectivity index (χ1n) is 11.8. The minimum Gasteiger partial charge on any atom is -0.454 e. The predicted molar refractivity (Wildman–Crippen MR) is 136 cm³/mol. The third-order valence-corrected chi connectivity index (χ3v) is 8.96. The van der Waals surface area contributed by atoms with Crippen molar-refractivity contribution in [3.8, 4) is 11.5 Å². The van der Waals surface area contributed by atoms with Gasteiger partial charge in [-0.2, -0.15) is 4.31 Å². The Morgan fingerprint density at radius 2 is 1.84 bits per heavy atom. The molecule has 2 aliphatic heterocycles. The molecular weight excluding hydrogens is 521 g/mol. The van der Waals surface area contributed by atoms with Crippen LogP contribution >= 0.6 is 11.6 Å². The maximum atomic E-state index is 14.6. The van der Waals surface area contributed by atoms with E-state index in [2.05, 4.69) is 5.32 Å². The number of sulfonamides is 1. The molecule has 8 nitrogen and oxygen atoms in total. The molecule has 0 saturated carbocycles. The van der Waals surface area contributed by atoms with Gasteiger partial charge in [-0.25, -0.2) is 12.8 Å². The number of nitrogens with one attached hydrogen (secondary N) is 2. The molecule has 11 heteroatoms. The molecule has 5 rings (SSSR count). The first-order valence-corrected chi connectivity index (χ1v) is 13.6. The number of fused-ring (bicyclic) bond motifs is 1. The van der Waals surface area contributed by atoms with E-state index in [0.29, 0.717) is 42.5 Å². The summed E-state index contributed by atoms with van der Waals surface area (Å²) in [5.74, 6) is -0.114. The fourth-order valence-electron chi connectivity index (χ4n) is 4.48. The van der Waals surface area contributed by atoms with Gasteiger partial charge >= 0.3 is 0 Å². The molecule has 2 aliphatic rings. The molecule has 0 unspecified atom stereocenters. The third kappa shape index (κ3) is 5.28. The van der Waals surface area contributed by atoms with E-state index >= 15 is 0 Å². The van der Waals surface area contributed by atoms with Crippen LogP contribution in [0.1, 0.15) is 21.5 Å². The molecule has 2 heterocycles. The number of carbonyl (C=O) groups excluding carboxylic acids is 1. The summed E-state index contributed by atoms with van der Waals surface area (Å²) in [5, 5.41) is 3.07. The van der Waals surface area contributed by atoms with Crippen molar-refractivity contribution in [3.05, 3.63) is 82.1 Å². The highest BCUT2D eigenvalue weighted by Crippen LogP contribution is 2.32. The molecule has 2 N–H and O–H groups in total. The maximum absolute atomic E-state index is 14.6. The first kappa shape index (κ1) is 25.5. The largest absolute Gasteiger partial charge is 0.454 e. The van der Waals surface area contributed by atoms with Gasteiger partial charge in [0.2, 0.25) is 16.8 Å². The zero-order chi connectivity index (χ0) is 26.2. The van der Waals surface area contributed by atoms with Gasteiger partial charge in [0, 0.05) is 16.3 Å². The summed E-state index contributed by atoms with van der Waals surface area (Å²) in [6, 6.07) is 14.1. The van der Waals surface area contributed by atoms with E-state index in [1.165, 1.54) is 15.3 Å². The minimum absolute atomic E-state index is 0.124. The summed E-state index contributed by atoms with van der Waals surface area (Å²) in [6.45, 7) is 4.50. The summed E-state index contributed by atoms with van der Waals surface area (Å²) >= 11 is 6.10. The maximum Gasteiger partial charge on any atom is 0.258 e. The number of benzene rings is 3. The standard InChI is InChI=1S/C26H25ClFN3O5S/c1-17-21(27)3-2-4-23(17)29-26(32)20-14-19(6-7-22(20)28)37(33,34)31-11-9-30(10-12-31)15-18-5-8-24-25(13-18)36-16-35-24/h2-8,13-14H,9-12,15-16H2,1H3,(H,29,32)/p+1. The summed E-state index contributed by atoms with van der Waals surface area (Å²) in [6.07, 6.45) is 0. The number of rotatable bonds is 6. The van der Waals surface area contributed by atoms with Crippen LogP contribution in [0.5, 0.6) is 11.5 Å². The third-order valence-electron chi connectivity index (χ3n) is 6.66. The van der Waals surface area contributed by atoms with E-state index in [1.807, 2.05) is 18.2 Å². The highest BCUT2D eigenvalue weighted by atomic mass is 35.5. The Labute approximate surface area is 219 Å². The molecule has 1 fully saturated rings. The van der Waals surface area contributed by atoms with Gasteiger partial charge in [0.15, 0.2) is 11.5 Å². The van der Waals surface area contributed by atoms with Gasteiger partial charge in [0.25, 0.3) is 5.91 Å². The smallest absolute Gasteiger partial charge is 0.258 e. The quantitative estimate of drug-likeness (QED) is 0.496. The number of anilines is 1. The summed E-state index contributed by atoms with van der Waals surface area (Å²) < 4.78 is 53.4. The van der Waals surface area contributed by atoms with Crippen LogP contribution in [0, 0.1) is 12.7 Å². The summed E-state index contributed by atoms with van der Waals surface area (Å²) in [7, 11) is -3.91. The summed E-state index contributed by atoms with van der Waals surface area (Å²) in [5.41, 5.74) is 1.78. The predicted octanol–water partition coefficient (Wildman–Crippen LogP) is 2.86. The van der Waals surface area contributed by atoms with E-state index < -0.39 is 21.7 Å². The van der Waals surface area contributed by atoms with E-state index in [0.717, 1.165) is 35.7 Å². The van der Waals surface area contributed by atoms with Crippen LogP contribution in [0.25, 0.3) is 0 Å². The minimum atomic E-state index is -3.91. The van der Waals surface area contributed by atoms with Crippen LogP contribution in [-0.2, 0) is 16.6 Å². The number of hydrogen-bond acceptors (Lipinski definition) is 5. The number of piperazine rings is 1. The number of halogens is 2. The Morgan fingerprint density at radius 1 is 1.08 bits per heavy atom. The molecule has 3 aromatic carbocycles. The zero-order valence-electron chi connectivity index (χ0n) is 20.1. The van der Waals surface area contributed by atoms with Crippen LogP contribution in [0.4, 0.5) is 10.1 Å². The van der Waals surface area contributed by atoms with Crippen molar-refractivity contribution < 1.29 is 32.0 Å². The van der Waals surface area contributed by atoms with Crippen molar-refractivity contribution in [1.82, 2.24) is 4.31 Å². The topological polar surface area (TPSA) is 89.4 Å². The van der Waals surface area contributed by atoms with Crippen LogP contribution in [0.15, 0.2) is 59.5 Å².